The molecule has 0 fully saturated rings. The van der Waals surface area contributed by atoms with Crippen molar-refractivity contribution in [2.75, 3.05) is 4.90 Å². The summed E-state index contributed by atoms with van der Waals surface area (Å²) in [6.07, 6.45) is 0. The van der Waals surface area contributed by atoms with Gasteiger partial charge in [0.2, 0.25) is 0 Å². The third kappa shape index (κ3) is 6.09. The maximum absolute atomic E-state index is 13.0. The van der Waals surface area contributed by atoms with E-state index in [2.05, 4.69) is 57.2 Å². The molecular weight excluding hydrogens is 540 g/mol. The molecule has 5 aromatic rings. The number of aryl methyl sites for hydroxylation is 1. The summed E-state index contributed by atoms with van der Waals surface area (Å²) in [6, 6.07) is 34.0. The highest BCUT2D eigenvalue weighted by Crippen LogP contribution is 2.34. The van der Waals surface area contributed by atoms with Crippen molar-refractivity contribution in [3.05, 3.63) is 157 Å². The third-order valence-electron chi connectivity index (χ3n) is 7.95. The number of benzene rings is 4. The van der Waals surface area contributed by atoms with E-state index in [1.807, 2.05) is 71.6 Å². The predicted octanol–water partition coefficient (Wildman–Crippen LogP) is 5.34. The van der Waals surface area contributed by atoms with Crippen LogP contribution in [0, 0.1) is 6.92 Å². The Morgan fingerprint density at radius 1 is 0.674 bits per heavy atom. The second kappa shape index (κ2) is 12.0. The minimum absolute atomic E-state index is 0.0548. The highest BCUT2D eigenvalue weighted by atomic mass is 16.5. The van der Waals surface area contributed by atoms with E-state index in [0.717, 1.165) is 25.0 Å². The molecule has 0 atom stereocenters. The molecule has 5 rings (SSSR count). The van der Waals surface area contributed by atoms with E-state index < -0.39 is 17.1 Å². The fraction of sp³-hybridized carbons (Fsp3) is 0.229. The zero-order valence-electron chi connectivity index (χ0n) is 25.2. The van der Waals surface area contributed by atoms with Gasteiger partial charge in [-0.3, -0.25) is 0 Å². The van der Waals surface area contributed by atoms with Crippen molar-refractivity contribution in [1.82, 2.24) is 13.7 Å². The molecule has 0 aliphatic heterocycles. The van der Waals surface area contributed by atoms with Crippen LogP contribution < -0.4 is 26.7 Å². The molecule has 0 N–H and O–H groups in total. The van der Waals surface area contributed by atoms with Crippen molar-refractivity contribution in [3.63, 3.8) is 0 Å². The molecule has 0 unspecified atom stereocenters. The van der Waals surface area contributed by atoms with Crippen LogP contribution in [0.3, 0.4) is 0 Å². The molecule has 0 bridgehead atoms. The Balaban J connectivity index is 1.43. The molecule has 0 aliphatic carbocycles. The molecule has 4 aromatic carbocycles. The number of nitrogens with zero attached hydrogens (tertiary/aromatic N) is 4. The average Bonchev–Trinajstić information content (AvgIpc) is 3.02. The van der Waals surface area contributed by atoms with Crippen LogP contribution in [0.4, 0.5) is 5.69 Å². The molecule has 1 heterocycles. The van der Waals surface area contributed by atoms with Crippen molar-refractivity contribution >= 4 is 5.69 Å². The number of para-hydroxylation sites is 2. The molecule has 43 heavy (non-hydrogen) atoms. The normalized spacial score (nSPS) is 11.4. The van der Waals surface area contributed by atoms with Crippen molar-refractivity contribution in [1.29, 1.82) is 0 Å². The van der Waals surface area contributed by atoms with Gasteiger partial charge < -0.3 is 9.64 Å². The Morgan fingerprint density at radius 3 is 1.81 bits per heavy atom. The summed E-state index contributed by atoms with van der Waals surface area (Å²) in [5.74, 6) is 1.36. The van der Waals surface area contributed by atoms with Gasteiger partial charge in [0, 0.05) is 37.3 Å². The van der Waals surface area contributed by atoms with Gasteiger partial charge in [-0.25, -0.2) is 28.1 Å². The van der Waals surface area contributed by atoms with Crippen molar-refractivity contribution < 1.29 is 4.74 Å². The minimum atomic E-state index is -0.674. The molecule has 0 saturated carbocycles. The van der Waals surface area contributed by atoms with Gasteiger partial charge in [0.1, 0.15) is 18.2 Å². The summed E-state index contributed by atoms with van der Waals surface area (Å²) in [4.78, 5) is 40.1. The van der Waals surface area contributed by atoms with Gasteiger partial charge in [-0.15, -0.1) is 0 Å². The Hall–Kier alpha value is -5.11. The lowest BCUT2D eigenvalue weighted by atomic mass is 9.78. The van der Waals surface area contributed by atoms with Crippen LogP contribution >= 0.6 is 0 Å². The highest BCUT2D eigenvalue weighted by molar-refractivity contribution is 5.48. The summed E-state index contributed by atoms with van der Waals surface area (Å²) in [7, 11) is 2.73. The van der Waals surface area contributed by atoms with E-state index >= 15 is 0 Å². The van der Waals surface area contributed by atoms with E-state index in [1.165, 1.54) is 30.8 Å². The molecule has 0 spiro atoms. The first-order valence-corrected chi connectivity index (χ1v) is 14.2. The molecule has 8 heteroatoms. The first kappa shape index (κ1) is 29.4. The Morgan fingerprint density at radius 2 is 1.21 bits per heavy atom. The van der Waals surface area contributed by atoms with Gasteiger partial charge in [0.25, 0.3) is 0 Å². The number of anilines is 1. The summed E-state index contributed by atoms with van der Waals surface area (Å²) in [6.45, 7) is 6.80. The maximum Gasteiger partial charge on any atom is 0.337 e. The van der Waals surface area contributed by atoms with E-state index in [9.17, 15) is 14.4 Å². The quantitative estimate of drug-likeness (QED) is 0.237. The Kier molecular flexibility index (Phi) is 8.21. The molecular formula is C35H36N4O4. The van der Waals surface area contributed by atoms with Gasteiger partial charge in [-0.05, 0) is 48.4 Å². The molecule has 0 aliphatic rings. The van der Waals surface area contributed by atoms with Crippen molar-refractivity contribution in [2.45, 2.75) is 39.4 Å². The smallest absolute Gasteiger partial charge is 0.337 e. The third-order valence-corrected chi connectivity index (χ3v) is 7.95. The standard InChI is InChI=1S/C35H36N4O4/c1-25-15-17-27(18-16-25)35(2,3)28-19-21-30(22-20-28)43-31-14-10-9-11-26(31)23-38(29-12-7-6-8-13-29)24-39-33(41)36(4)32(40)37(5)34(39)42/h6-22H,23-24H2,1-5H3. The first-order valence-electron chi connectivity index (χ1n) is 14.2. The fourth-order valence-corrected chi connectivity index (χ4v) is 5.13. The van der Waals surface area contributed by atoms with Crippen LogP contribution in [0.2, 0.25) is 0 Å². The van der Waals surface area contributed by atoms with Gasteiger partial charge in [0.15, 0.2) is 0 Å². The van der Waals surface area contributed by atoms with Gasteiger partial charge in [-0.2, -0.15) is 0 Å². The number of rotatable bonds is 9. The number of ether oxygens (including phenoxy) is 1. The second-order valence-electron chi connectivity index (χ2n) is 11.3. The summed E-state index contributed by atoms with van der Waals surface area (Å²) in [5.41, 5.74) is 3.15. The summed E-state index contributed by atoms with van der Waals surface area (Å²) >= 11 is 0. The zero-order valence-corrected chi connectivity index (χ0v) is 25.2. The highest BCUT2D eigenvalue weighted by Gasteiger charge is 2.23. The average molecular weight is 577 g/mol. The van der Waals surface area contributed by atoms with E-state index in [4.69, 9.17) is 4.74 Å². The van der Waals surface area contributed by atoms with Crippen LogP contribution in [-0.4, -0.2) is 13.7 Å². The molecule has 0 radical (unpaired) electrons. The fourth-order valence-electron chi connectivity index (χ4n) is 5.13. The van der Waals surface area contributed by atoms with E-state index in [-0.39, 0.29) is 12.1 Å². The molecule has 1 aromatic heterocycles. The van der Waals surface area contributed by atoms with E-state index in [1.54, 1.807) is 0 Å². The number of hydrogen-bond donors (Lipinski definition) is 0. The van der Waals surface area contributed by atoms with Crippen LogP contribution in [0.25, 0.3) is 0 Å². The van der Waals surface area contributed by atoms with Crippen LogP contribution in [0.1, 0.15) is 36.1 Å². The zero-order chi connectivity index (χ0) is 30.7. The van der Waals surface area contributed by atoms with Crippen LogP contribution in [0.5, 0.6) is 11.5 Å². The Bertz CT molecular complexity index is 1860. The van der Waals surface area contributed by atoms with Gasteiger partial charge in [-0.1, -0.05) is 92.2 Å². The van der Waals surface area contributed by atoms with Crippen molar-refractivity contribution in [2.24, 2.45) is 14.1 Å². The Labute approximate surface area is 250 Å². The summed E-state index contributed by atoms with van der Waals surface area (Å²) < 4.78 is 9.31. The van der Waals surface area contributed by atoms with Crippen LogP contribution in [0.15, 0.2) is 118 Å². The van der Waals surface area contributed by atoms with Crippen LogP contribution in [-0.2, 0) is 32.7 Å². The topological polar surface area (TPSA) is 78.5 Å². The number of aromatic nitrogens is 3. The number of hydrogen-bond acceptors (Lipinski definition) is 5. The molecule has 0 amide bonds. The second-order valence-corrected chi connectivity index (χ2v) is 11.3. The minimum Gasteiger partial charge on any atom is -0.457 e. The van der Waals surface area contributed by atoms with Gasteiger partial charge in [0.05, 0.1) is 0 Å². The van der Waals surface area contributed by atoms with Crippen molar-refractivity contribution in [3.8, 4) is 11.5 Å². The van der Waals surface area contributed by atoms with E-state index in [0.29, 0.717) is 18.0 Å². The molecule has 8 nitrogen and oxygen atoms in total. The monoisotopic (exact) mass is 576 g/mol. The molecule has 220 valence electrons. The maximum atomic E-state index is 13.0. The SMILES string of the molecule is Cc1ccc(C(C)(C)c2ccc(Oc3ccccc3CN(Cn3c(=O)n(C)c(=O)n(C)c3=O)c3ccccc3)cc2)cc1. The molecule has 0 saturated heterocycles. The predicted molar refractivity (Wildman–Crippen MR) is 170 cm³/mol. The lowest BCUT2D eigenvalue weighted by molar-refractivity contribution is 0.466. The largest absolute Gasteiger partial charge is 0.457 e. The van der Waals surface area contributed by atoms with Gasteiger partial charge >= 0.3 is 17.1 Å². The summed E-state index contributed by atoms with van der Waals surface area (Å²) in [5, 5.41) is 0. The lowest BCUT2D eigenvalue weighted by Crippen LogP contribution is -2.54. The first-order chi connectivity index (χ1) is 20.6. The lowest BCUT2D eigenvalue weighted by Gasteiger charge is -2.27.